The van der Waals surface area contributed by atoms with Crippen LogP contribution in [0.4, 0.5) is 5.69 Å². The lowest BCUT2D eigenvalue weighted by Gasteiger charge is -2.10. The average Bonchev–Trinajstić information content (AvgIpc) is 2.42. The van der Waals surface area contributed by atoms with E-state index in [1.54, 1.807) is 0 Å². The van der Waals surface area contributed by atoms with Gasteiger partial charge >= 0.3 is 5.97 Å². The van der Waals surface area contributed by atoms with Crippen LogP contribution in [0.15, 0.2) is 24.3 Å². The number of hydrogen-bond donors (Lipinski definition) is 2. The fourth-order valence-corrected chi connectivity index (χ4v) is 1.39. The molecule has 8 nitrogen and oxygen atoms in total. The summed E-state index contributed by atoms with van der Waals surface area (Å²) in [7, 11) is 0. The van der Waals surface area contributed by atoms with E-state index in [4.69, 9.17) is 16.2 Å². The largest absolute Gasteiger partial charge is 0.460 e. The lowest BCUT2D eigenvalue weighted by atomic mass is 10.1. The highest BCUT2D eigenvalue weighted by Gasteiger charge is 2.16. The zero-order valence-corrected chi connectivity index (χ0v) is 10.7. The van der Waals surface area contributed by atoms with Crippen molar-refractivity contribution in [2.45, 2.75) is 25.5 Å². The SMILES string of the molecule is NC(=O)CC[C@@H](N)C(=O)OCc1ccc([N+](=O)[O-])cc1. The predicted molar refractivity (Wildman–Crippen MR) is 69.3 cm³/mol. The molecule has 0 saturated carbocycles. The van der Waals surface area contributed by atoms with Gasteiger partial charge in [-0.15, -0.1) is 0 Å². The maximum absolute atomic E-state index is 11.5. The molecule has 0 bridgehead atoms. The minimum absolute atomic E-state index is 0.00774. The molecule has 1 amide bonds. The minimum Gasteiger partial charge on any atom is -0.460 e. The lowest BCUT2D eigenvalue weighted by molar-refractivity contribution is -0.384. The van der Waals surface area contributed by atoms with Crippen LogP contribution in [0.5, 0.6) is 0 Å². The molecule has 4 N–H and O–H groups in total. The van der Waals surface area contributed by atoms with E-state index < -0.39 is 22.8 Å². The van der Waals surface area contributed by atoms with Gasteiger partial charge in [-0.1, -0.05) is 0 Å². The van der Waals surface area contributed by atoms with Gasteiger partial charge < -0.3 is 16.2 Å². The molecule has 108 valence electrons. The quantitative estimate of drug-likeness (QED) is 0.416. The standard InChI is InChI=1S/C12H15N3O5/c13-10(5-6-11(14)16)12(17)20-7-8-1-3-9(4-2-8)15(18)19/h1-4,10H,5-7,13H2,(H2,14,16)/t10-/m1/s1. The van der Waals surface area contributed by atoms with Gasteiger partial charge in [-0.05, 0) is 24.1 Å². The molecule has 0 aliphatic heterocycles. The highest BCUT2D eigenvalue weighted by atomic mass is 16.6. The van der Waals surface area contributed by atoms with Crippen LogP contribution >= 0.6 is 0 Å². The van der Waals surface area contributed by atoms with E-state index in [1.165, 1.54) is 24.3 Å². The normalized spacial score (nSPS) is 11.7. The van der Waals surface area contributed by atoms with Gasteiger partial charge in [0.25, 0.3) is 5.69 Å². The van der Waals surface area contributed by atoms with E-state index in [0.29, 0.717) is 5.56 Å². The second kappa shape index (κ2) is 7.19. The van der Waals surface area contributed by atoms with Gasteiger partial charge in [0.15, 0.2) is 0 Å². The number of primary amides is 1. The molecule has 1 aromatic rings. The Morgan fingerprint density at radius 2 is 1.90 bits per heavy atom. The number of carbonyl (C=O) groups is 2. The summed E-state index contributed by atoms with van der Waals surface area (Å²) in [4.78, 5) is 32.0. The number of ether oxygens (including phenoxy) is 1. The molecule has 1 aromatic carbocycles. The molecule has 0 heterocycles. The molecule has 0 saturated heterocycles. The number of nitro benzene ring substituents is 1. The summed E-state index contributed by atoms with van der Waals surface area (Å²) in [6.45, 7) is -0.0406. The highest BCUT2D eigenvalue weighted by Crippen LogP contribution is 2.12. The molecule has 20 heavy (non-hydrogen) atoms. The number of carbonyl (C=O) groups excluding carboxylic acids is 2. The molecule has 0 spiro atoms. The third-order valence-corrected chi connectivity index (χ3v) is 2.53. The number of esters is 1. The molecule has 0 radical (unpaired) electrons. The third kappa shape index (κ3) is 5.02. The van der Waals surface area contributed by atoms with E-state index in [9.17, 15) is 19.7 Å². The number of non-ortho nitro benzene ring substituents is 1. The Morgan fingerprint density at radius 3 is 2.40 bits per heavy atom. The van der Waals surface area contributed by atoms with Crippen LogP contribution in [0.2, 0.25) is 0 Å². The van der Waals surface area contributed by atoms with Gasteiger partial charge in [0.1, 0.15) is 12.6 Å². The average molecular weight is 281 g/mol. The molecule has 0 aliphatic rings. The smallest absolute Gasteiger partial charge is 0.323 e. The first-order chi connectivity index (χ1) is 9.40. The van der Waals surface area contributed by atoms with E-state index in [1.807, 2.05) is 0 Å². The summed E-state index contributed by atoms with van der Waals surface area (Å²) in [5.74, 6) is -1.19. The van der Waals surface area contributed by atoms with Crippen molar-refractivity contribution in [3.8, 4) is 0 Å². The van der Waals surface area contributed by atoms with E-state index in [-0.39, 0.29) is 25.1 Å². The third-order valence-electron chi connectivity index (χ3n) is 2.53. The predicted octanol–water partition coefficient (Wildman–Crippen LogP) is 0.231. The van der Waals surface area contributed by atoms with Gasteiger partial charge in [0, 0.05) is 18.6 Å². The molecular formula is C12H15N3O5. The summed E-state index contributed by atoms with van der Waals surface area (Å²) in [5.41, 5.74) is 11.0. The van der Waals surface area contributed by atoms with Crippen molar-refractivity contribution in [1.29, 1.82) is 0 Å². The molecule has 0 fully saturated rings. The number of nitro groups is 1. The van der Waals surface area contributed by atoms with Crippen molar-refractivity contribution >= 4 is 17.6 Å². The second-order valence-corrected chi connectivity index (χ2v) is 4.14. The maximum Gasteiger partial charge on any atom is 0.323 e. The molecule has 1 rings (SSSR count). The number of amides is 1. The second-order valence-electron chi connectivity index (χ2n) is 4.14. The van der Waals surface area contributed by atoms with E-state index in [2.05, 4.69) is 0 Å². The highest BCUT2D eigenvalue weighted by molar-refractivity contribution is 5.78. The van der Waals surface area contributed by atoms with Gasteiger partial charge in [-0.2, -0.15) is 0 Å². The number of nitrogens with two attached hydrogens (primary N) is 2. The minimum atomic E-state index is -0.916. The Kier molecular flexibility index (Phi) is 5.60. The number of hydrogen-bond acceptors (Lipinski definition) is 6. The van der Waals surface area contributed by atoms with Crippen molar-refractivity contribution in [3.05, 3.63) is 39.9 Å². The zero-order valence-electron chi connectivity index (χ0n) is 10.7. The summed E-state index contributed by atoms with van der Waals surface area (Å²) in [5, 5.41) is 10.5. The Bertz CT molecular complexity index is 500. The van der Waals surface area contributed by atoms with Crippen LogP contribution in [0.1, 0.15) is 18.4 Å². The van der Waals surface area contributed by atoms with Crippen molar-refractivity contribution < 1.29 is 19.2 Å². The van der Waals surface area contributed by atoms with E-state index in [0.717, 1.165) is 0 Å². The van der Waals surface area contributed by atoms with Crippen LogP contribution < -0.4 is 11.5 Å². The van der Waals surface area contributed by atoms with Crippen LogP contribution in [0, 0.1) is 10.1 Å². The topological polar surface area (TPSA) is 139 Å². The fourth-order valence-electron chi connectivity index (χ4n) is 1.39. The zero-order chi connectivity index (χ0) is 15.1. The molecule has 1 atom stereocenters. The van der Waals surface area contributed by atoms with Crippen molar-refractivity contribution in [2.75, 3.05) is 0 Å². The summed E-state index contributed by atoms with van der Waals surface area (Å²) in [6.07, 6.45) is 0.127. The van der Waals surface area contributed by atoms with Crippen LogP contribution in [-0.2, 0) is 20.9 Å². The van der Waals surface area contributed by atoms with E-state index >= 15 is 0 Å². The monoisotopic (exact) mass is 281 g/mol. The molecule has 8 heteroatoms. The molecule has 0 aromatic heterocycles. The summed E-state index contributed by atoms with van der Waals surface area (Å²) < 4.78 is 4.94. The molecule has 0 unspecified atom stereocenters. The Hall–Kier alpha value is -2.48. The maximum atomic E-state index is 11.5. The molecular weight excluding hydrogens is 266 g/mol. The van der Waals surface area contributed by atoms with Gasteiger partial charge in [-0.25, -0.2) is 0 Å². The fraction of sp³-hybridized carbons (Fsp3) is 0.333. The first-order valence-corrected chi connectivity index (χ1v) is 5.84. The summed E-state index contributed by atoms with van der Waals surface area (Å²) >= 11 is 0. The van der Waals surface area contributed by atoms with Gasteiger partial charge in [0.2, 0.25) is 5.91 Å². The Labute approximate surface area is 114 Å². The van der Waals surface area contributed by atoms with Crippen LogP contribution in [-0.4, -0.2) is 22.8 Å². The lowest BCUT2D eigenvalue weighted by Crippen LogP contribution is -2.33. The van der Waals surface area contributed by atoms with Crippen molar-refractivity contribution in [1.82, 2.24) is 0 Å². The summed E-state index contributed by atoms with van der Waals surface area (Å²) in [6, 6.07) is 4.69. The number of rotatable bonds is 7. The number of benzene rings is 1. The van der Waals surface area contributed by atoms with Gasteiger partial charge in [-0.3, -0.25) is 19.7 Å². The van der Waals surface area contributed by atoms with Crippen molar-refractivity contribution in [2.24, 2.45) is 11.5 Å². The van der Waals surface area contributed by atoms with Crippen LogP contribution in [0.3, 0.4) is 0 Å². The first kappa shape index (κ1) is 15.6. The molecule has 0 aliphatic carbocycles. The van der Waals surface area contributed by atoms with Gasteiger partial charge in [0.05, 0.1) is 4.92 Å². The number of nitrogens with zero attached hydrogens (tertiary/aromatic N) is 1. The van der Waals surface area contributed by atoms with Crippen molar-refractivity contribution in [3.63, 3.8) is 0 Å². The van der Waals surface area contributed by atoms with Crippen LogP contribution in [0.25, 0.3) is 0 Å². The first-order valence-electron chi connectivity index (χ1n) is 5.84. The Balaban J connectivity index is 2.44. The Morgan fingerprint density at radius 1 is 1.30 bits per heavy atom.